The first-order valence-electron chi connectivity index (χ1n) is 15.9. The topological polar surface area (TPSA) is 17.8 Å². The number of aromatic nitrogens is 2. The van der Waals surface area contributed by atoms with Crippen LogP contribution in [0.4, 0.5) is 0 Å². The van der Waals surface area contributed by atoms with Gasteiger partial charge in [0.05, 0.1) is 11.0 Å². The van der Waals surface area contributed by atoms with Crippen LogP contribution in [-0.2, 0) is 7.05 Å². The highest BCUT2D eigenvalue weighted by molar-refractivity contribution is 6.26. The molecule has 0 saturated heterocycles. The maximum absolute atomic E-state index is 5.13. The van der Waals surface area contributed by atoms with Crippen LogP contribution >= 0.6 is 0 Å². The van der Waals surface area contributed by atoms with Crippen molar-refractivity contribution in [2.24, 2.45) is 7.05 Å². The summed E-state index contributed by atoms with van der Waals surface area (Å²) in [6.07, 6.45) is 0. The third-order valence-electron chi connectivity index (χ3n) is 9.97. The molecule has 1 heterocycles. The second kappa shape index (κ2) is 9.50. The fourth-order valence-corrected chi connectivity index (χ4v) is 7.74. The highest BCUT2D eigenvalue weighted by Crippen LogP contribution is 2.43. The van der Waals surface area contributed by atoms with Crippen molar-refractivity contribution < 1.29 is 0 Å². The SMILES string of the molecule is Cn1c(-c2ccc(-c3ccc(-c4ccc5ccc6cccc7ccc4c5c67)c4ccccc34)cc2)nc2c3ccccc3ccc21. The molecule has 46 heavy (non-hydrogen) atoms. The molecule has 0 unspecified atom stereocenters. The second-order valence-corrected chi connectivity index (χ2v) is 12.4. The summed E-state index contributed by atoms with van der Waals surface area (Å²) < 4.78 is 2.21. The number of rotatable bonds is 3. The molecular formula is C44H28N2. The summed E-state index contributed by atoms with van der Waals surface area (Å²) in [6.45, 7) is 0. The first-order chi connectivity index (χ1) is 22.7. The van der Waals surface area contributed by atoms with Gasteiger partial charge in [-0.3, -0.25) is 0 Å². The van der Waals surface area contributed by atoms with Gasteiger partial charge in [0.15, 0.2) is 0 Å². The zero-order chi connectivity index (χ0) is 30.4. The van der Waals surface area contributed by atoms with Crippen LogP contribution in [0.3, 0.4) is 0 Å². The molecule has 214 valence electrons. The molecule has 10 aromatic rings. The highest BCUT2D eigenvalue weighted by Gasteiger charge is 2.16. The standard InChI is InChI=1S/C44H28N2/c1-46-40-26-21-27-7-2-3-10-34(27)43(40)45-44(46)32-17-13-28(14-18-32)33-24-25-37(36-12-5-4-11-35(33)36)38-22-19-31-16-15-29-8-6-9-30-20-23-39(38)42(31)41(29)30/h2-26H,1H3. The predicted octanol–water partition coefficient (Wildman–Crippen LogP) is 11.8. The van der Waals surface area contributed by atoms with E-state index in [1.165, 1.54) is 76.1 Å². The largest absolute Gasteiger partial charge is 0.327 e. The average molecular weight is 585 g/mol. The van der Waals surface area contributed by atoms with Crippen LogP contribution in [0.25, 0.3) is 98.5 Å². The lowest BCUT2D eigenvalue weighted by Gasteiger charge is -2.17. The van der Waals surface area contributed by atoms with Crippen LogP contribution < -0.4 is 0 Å². The van der Waals surface area contributed by atoms with Crippen molar-refractivity contribution in [3.05, 3.63) is 152 Å². The van der Waals surface area contributed by atoms with E-state index in [0.717, 1.165) is 22.4 Å². The molecule has 0 bridgehead atoms. The molecule has 0 fully saturated rings. The van der Waals surface area contributed by atoms with Gasteiger partial charge >= 0.3 is 0 Å². The molecule has 2 nitrogen and oxygen atoms in total. The lowest BCUT2D eigenvalue weighted by molar-refractivity contribution is 0.959. The Bertz CT molecular complexity index is 2790. The summed E-state index contributed by atoms with van der Waals surface area (Å²) in [5.74, 6) is 0.979. The minimum Gasteiger partial charge on any atom is -0.327 e. The molecule has 0 aliphatic carbocycles. The normalized spacial score (nSPS) is 12.0. The summed E-state index contributed by atoms with van der Waals surface area (Å²) in [6, 6.07) is 55.5. The summed E-state index contributed by atoms with van der Waals surface area (Å²) in [5.41, 5.74) is 8.28. The summed E-state index contributed by atoms with van der Waals surface area (Å²) in [5, 5.41) is 12.8. The lowest BCUT2D eigenvalue weighted by Crippen LogP contribution is -1.92. The van der Waals surface area contributed by atoms with Gasteiger partial charge in [0.25, 0.3) is 0 Å². The Balaban J connectivity index is 1.11. The van der Waals surface area contributed by atoms with Crippen molar-refractivity contribution in [3.63, 3.8) is 0 Å². The highest BCUT2D eigenvalue weighted by atomic mass is 15.1. The van der Waals surface area contributed by atoms with Gasteiger partial charge < -0.3 is 4.57 Å². The van der Waals surface area contributed by atoms with Gasteiger partial charge in [-0.25, -0.2) is 4.98 Å². The minimum atomic E-state index is 0.979. The molecule has 0 atom stereocenters. The van der Waals surface area contributed by atoms with Crippen molar-refractivity contribution in [1.82, 2.24) is 9.55 Å². The molecule has 2 heteroatoms. The molecule has 0 radical (unpaired) electrons. The minimum absolute atomic E-state index is 0.979. The maximum atomic E-state index is 5.13. The average Bonchev–Trinajstić information content (AvgIpc) is 3.46. The number of aryl methyl sites for hydroxylation is 1. The van der Waals surface area contributed by atoms with Gasteiger partial charge in [0, 0.05) is 18.0 Å². The Labute approximate surface area is 266 Å². The fraction of sp³-hybridized carbons (Fsp3) is 0.0227. The number of fused-ring (bicyclic) bond motifs is 4. The van der Waals surface area contributed by atoms with E-state index in [-0.39, 0.29) is 0 Å². The van der Waals surface area contributed by atoms with E-state index in [4.69, 9.17) is 4.98 Å². The fourth-order valence-electron chi connectivity index (χ4n) is 7.74. The van der Waals surface area contributed by atoms with Crippen LogP contribution in [0.5, 0.6) is 0 Å². The van der Waals surface area contributed by atoms with Gasteiger partial charge in [0.2, 0.25) is 0 Å². The van der Waals surface area contributed by atoms with E-state index >= 15 is 0 Å². The summed E-state index contributed by atoms with van der Waals surface area (Å²) in [4.78, 5) is 5.13. The third-order valence-corrected chi connectivity index (χ3v) is 9.97. The molecule has 0 saturated carbocycles. The van der Waals surface area contributed by atoms with Gasteiger partial charge in [-0.15, -0.1) is 0 Å². The summed E-state index contributed by atoms with van der Waals surface area (Å²) >= 11 is 0. The number of imidazole rings is 1. The van der Waals surface area contributed by atoms with Gasteiger partial charge in [-0.2, -0.15) is 0 Å². The zero-order valence-electron chi connectivity index (χ0n) is 25.3. The zero-order valence-corrected chi connectivity index (χ0v) is 25.3. The van der Waals surface area contributed by atoms with Crippen LogP contribution in [-0.4, -0.2) is 9.55 Å². The van der Waals surface area contributed by atoms with Gasteiger partial charge in [-0.05, 0) is 76.8 Å². The Morgan fingerprint density at radius 3 is 1.74 bits per heavy atom. The first kappa shape index (κ1) is 25.3. The van der Waals surface area contributed by atoms with E-state index in [2.05, 4.69) is 163 Å². The monoisotopic (exact) mass is 584 g/mol. The molecule has 0 amide bonds. The van der Waals surface area contributed by atoms with Gasteiger partial charge in [-0.1, -0.05) is 146 Å². The predicted molar refractivity (Wildman–Crippen MR) is 196 cm³/mol. The molecule has 0 aliphatic heterocycles. The number of nitrogens with zero attached hydrogens (tertiary/aromatic N) is 2. The third kappa shape index (κ3) is 3.56. The maximum Gasteiger partial charge on any atom is 0.140 e. The lowest BCUT2D eigenvalue weighted by atomic mass is 9.87. The van der Waals surface area contributed by atoms with Crippen LogP contribution in [0.2, 0.25) is 0 Å². The molecule has 0 aliphatic rings. The Morgan fingerprint density at radius 2 is 0.935 bits per heavy atom. The Hall–Kier alpha value is -5.99. The second-order valence-electron chi connectivity index (χ2n) is 12.4. The molecule has 0 spiro atoms. The summed E-state index contributed by atoms with van der Waals surface area (Å²) in [7, 11) is 2.11. The van der Waals surface area contributed by atoms with Gasteiger partial charge in [0.1, 0.15) is 5.82 Å². The van der Waals surface area contributed by atoms with E-state index in [9.17, 15) is 0 Å². The van der Waals surface area contributed by atoms with Crippen LogP contribution in [0.1, 0.15) is 0 Å². The smallest absolute Gasteiger partial charge is 0.140 e. The molecule has 1 aromatic heterocycles. The number of hydrogen-bond donors (Lipinski definition) is 0. The van der Waals surface area contributed by atoms with E-state index in [0.29, 0.717) is 0 Å². The molecule has 0 N–H and O–H groups in total. The Kier molecular flexibility index (Phi) is 5.24. The van der Waals surface area contributed by atoms with Crippen molar-refractivity contribution in [2.75, 3.05) is 0 Å². The number of hydrogen-bond acceptors (Lipinski definition) is 1. The first-order valence-corrected chi connectivity index (χ1v) is 15.9. The molecule has 10 rings (SSSR count). The van der Waals surface area contributed by atoms with Crippen molar-refractivity contribution in [3.8, 4) is 33.6 Å². The Morgan fingerprint density at radius 1 is 0.391 bits per heavy atom. The quantitative estimate of drug-likeness (QED) is 0.189. The van der Waals surface area contributed by atoms with Crippen molar-refractivity contribution in [2.45, 2.75) is 0 Å². The number of benzene rings is 9. The molecular weight excluding hydrogens is 556 g/mol. The van der Waals surface area contributed by atoms with Crippen molar-refractivity contribution >= 4 is 64.9 Å². The van der Waals surface area contributed by atoms with E-state index in [1.807, 2.05) is 0 Å². The van der Waals surface area contributed by atoms with E-state index < -0.39 is 0 Å². The van der Waals surface area contributed by atoms with Crippen molar-refractivity contribution in [1.29, 1.82) is 0 Å². The van der Waals surface area contributed by atoms with Crippen LogP contribution in [0, 0.1) is 0 Å². The molecule has 9 aromatic carbocycles. The van der Waals surface area contributed by atoms with Crippen LogP contribution in [0.15, 0.2) is 152 Å². The van der Waals surface area contributed by atoms with E-state index in [1.54, 1.807) is 0 Å².